The van der Waals surface area contributed by atoms with E-state index in [-0.39, 0.29) is 18.1 Å². The number of ether oxygens (including phenoxy) is 1. The molecule has 3 aromatic rings. The van der Waals surface area contributed by atoms with E-state index in [4.69, 9.17) is 4.74 Å². The Balaban J connectivity index is 1.44. The summed E-state index contributed by atoms with van der Waals surface area (Å²) in [4.78, 5) is 20.8. The average molecular weight is 448 g/mol. The summed E-state index contributed by atoms with van der Waals surface area (Å²) >= 11 is 0. The number of rotatable bonds is 12. The molecule has 0 aliphatic heterocycles. The Morgan fingerprint density at radius 2 is 1.73 bits per heavy atom. The number of aromatic hydroxyl groups is 1. The number of nitrogens with zero attached hydrogens (tertiary/aromatic N) is 3. The van der Waals surface area contributed by atoms with Gasteiger partial charge in [0.1, 0.15) is 0 Å². The van der Waals surface area contributed by atoms with E-state index >= 15 is 0 Å². The summed E-state index contributed by atoms with van der Waals surface area (Å²) in [6.07, 6.45) is 1.52. The van der Waals surface area contributed by atoms with Crippen LogP contribution in [0.25, 0.3) is 10.8 Å². The first-order valence-corrected chi connectivity index (χ1v) is 11.3. The zero-order valence-corrected chi connectivity index (χ0v) is 19.7. The number of carbonyl (C=O) groups excluding carboxylic acids is 1. The number of hydrogen-bond acceptors (Lipinski definition) is 6. The largest absolute Gasteiger partial charge is 0.504 e. The summed E-state index contributed by atoms with van der Waals surface area (Å²) in [5.74, 6) is 0.493. The van der Waals surface area contributed by atoms with Crippen molar-refractivity contribution in [1.82, 2.24) is 9.80 Å². The maximum absolute atomic E-state index is 12.3. The van der Waals surface area contributed by atoms with Gasteiger partial charge in [-0.25, -0.2) is 0 Å². The molecule has 0 spiro atoms. The maximum Gasteiger partial charge on any atom is 0.168 e. The fourth-order valence-corrected chi connectivity index (χ4v) is 3.73. The highest BCUT2D eigenvalue weighted by molar-refractivity contribution is 5.88. The minimum atomic E-state index is 0.0332. The van der Waals surface area contributed by atoms with Crippen molar-refractivity contribution in [3.63, 3.8) is 0 Å². The fraction of sp³-hybridized carbons (Fsp3) is 0.333. The zero-order chi connectivity index (χ0) is 23.6. The summed E-state index contributed by atoms with van der Waals surface area (Å²) in [7, 11) is 4.05. The van der Waals surface area contributed by atoms with Crippen LogP contribution in [0.15, 0.2) is 65.7 Å². The van der Waals surface area contributed by atoms with Crippen LogP contribution in [-0.2, 0) is 11.3 Å². The summed E-state index contributed by atoms with van der Waals surface area (Å²) in [6.45, 7) is 5.24. The molecule has 3 aromatic carbocycles. The van der Waals surface area contributed by atoms with Crippen LogP contribution >= 0.6 is 0 Å². The molecule has 0 radical (unpaired) electrons. The minimum Gasteiger partial charge on any atom is -0.504 e. The first kappa shape index (κ1) is 24.4. The van der Waals surface area contributed by atoms with Crippen LogP contribution in [-0.4, -0.2) is 73.8 Å². The number of hydrogen-bond donors (Lipinski definition) is 1. The molecule has 174 valence electrons. The van der Waals surface area contributed by atoms with Gasteiger partial charge >= 0.3 is 0 Å². The molecular formula is C27H33N3O3. The van der Waals surface area contributed by atoms with Crippen LogP contribution in [0.4, 0.5) is 0 Å². The zero-order valence-electron chi connectivity index (χ0n) is 19.7. The highest BCUT2D eigenvalue weighted by atomic mass is 16.5. The van der Waals surface area contributed by atoms with E-state index in [2.05, 4.69) is 59.4 Å². The number of carbonyl (C=O) groups is 1. The number of phenolic OH excluding ortho intramolecular Hbond substituents is 1. The summed E-state index contributed by atoms with van der Waals surface area (Å²) < 4.78 is 5.37. The molecule has 0 saturated heterocycles. The molecule has 0 fully saturated rings. The van der Waals surface area contributed by atoms with Crippen molar-refractivity contribution in [1.29, 1.82) is 0 Å². The van der Waals surface area contributed by atoms with Gasteiger partial charge in [-0.15, -0.1) is 0 Å². The molecule has 0 heterocycles. The maximum atomic E-state index is 12.3. The van der Waals surface area contributed by atoms with E-state index in [9.17, 15) is 9.90 Å². The van der Waals surface area contributed by atoms with E-state index < -0.39 is 0 Å². The van der Waals surface area contributed by atoms with Crippen LogP contribution in [0, 0.1) is 0 Å². The Kier molecular flexibility index (Phi) is 8.98. The highest BCUT2D eigenvalue weighted by Crippen LogP contribution is 2.28. The molecule has 0 saturated carbocycles. The topological polar surface area (TPSA) is 65.4 Å². The molecular weight excluding hydrogens is 414 g/mol. The lowest BCUT2D eigenvalue weighted by molar-refractivity contribution is -0.118. The van der Waals surface area contributed by atoms with Gasteiger partial charge in [0, 0.05) is 31.4 Å². The van der Waals surface area contributed by atoms with Gasteiger partial charge in [-0.05, 0) is 49.5 Å². The lowest BCUT2D eigenvalue weighted by Gasteiger charge is -2.22. The van der Waals surface area contributed by atoms with E-state index in [0.29, 0.717) is 24.5 Å². The Morgan fingerprint density at radius 3 is 2.55 bits per heavy atom. The lowest BCUT2D eigenvalue weighted by Crippen LogP contribution is -2.34. The van der Waals surface area contributed by atoms with Gasteiger partial charge in [-0.1, -0.05) is 48.5 Å². The van der Waals surface area contributed by atoms with E-state index in [1.54, 1.807) is 18.2 Å². The highest BCUT2D eigenvalue weighted by Gasteiger charge is 2.10. The molecule has 0 aliphatic rings. The summed E-state index contributed by atoms with van der Waals surface area (Å²) in [5, 5.41) is 12.7. The number of aliphatic imine (C=N–C) groups is 1. The van der Waals surface area contributed by atoms with E-state index in [1.807, 2.05) is 18.9 Å². The van der Waals surface area contributed by atoms with Gasteiger partial charge in [-0.3, -0.25) is 14.7 Å². The molecule has 0 unspecified atom stereocenters. The van der Waals surface area contributed by atoms with E-state index in [0.717, 1.165) is 19.6 Å². The van der Waals surface area contributed by atoms with Gasteiger partial charge in [0.25, 0.3) is 0 Å². The van der Waals surface area contributed by atoms with Crippen molar-refractivity contribution in [3.8, 4) is 11.5 Å². The molecule has 0 bridgehead atoms. The van der Waals surface area contributed by atoms with Gasteiger partial charge < -0.3 is 14.7 Å². The van der Waals surface area contributed by atoms with Crippen molar-refractivity contribution in [3.05, 3.63) is 71.8 Å². The molecule has 6 nitrogen and oxygen atoms in total. The number of fused-ring (bicyclic) bond motifs is 1. The molecule has 0 aromatic heterocycles. The molecule has 3 rings (SSSR count). The molecule has 6 heteroatoms. The number of ketones is 1. The van der Waals surface area contributed by atoms with Crippen molar-refractivity contribution in [2.45, 2.75) is 13.5 Å². The smallest absolute Gasteiger partial charge is 0.168 e. The van der Waals surface area contributed by atoms with Crippen molar-refractivity contribution < 1.29 is 14.6 Å². The third kappa shape index (κ3) is 7.14. The molecule has 0 atom stereocenters. The fourth-order valence-electron chi connectivity index (χ4n) is 3.73. The number of likely N-dealkylation sites (N-methyl/N-ethyl adjacent to an activating group) is 2. The van der Waals surface area contributed by atoms with Crippen LogP contribution in [0.5, 0.6) is 11.5 Å². The predicted molar refractivity (Wildman–Crippen MR) is 135 cm³/mol. The third-order valence-electron chi connectivity index (χ3n) is 5.46. The number of para-hydroxylation sites is 1. The Bertz CT molecular complexity index is 1090. The third-order valence-corrected chi connectivity index (χ3v) is 5.46. The second-order valence-corrected chi connectivity index (χ2v) is 8.25. The van der Waals surface area contributed by atoms with Crippen molar-refractivity contribution in [2.75, 3.05) is 46.9 Å². The molecule has 0 aliphatic carbocycles. The number of benzene rings is 3. The molecule has 33 heavy (non-hydrogen) atoms. The quantitative estimate of drug-likeness (QED) is 0.425. The summed E-state index contributed by atoms with van der Waals surface area (Å²) in [6, 6.07) is 20.1. The SMILES string of the molecule is CCOc1cccc(C=NCC(=O)CN(C)CCN(C)Cc2cccc3ccccc23)c1O. The lowest BCUT2D eigenvalue weighted by atomic mass is 10.0. The first-order valence-electron chi connectivity index (χ1n) is 11.3. The normalized spacial score (nSPS) is 11.7. The summed E-state index contributed by atoms with van der Waals surface area (Å²) in [5.41, 5.74) is 1.84. The molecule has 0 amide bonds. The minimum absolute atomic E-state index is 0.0332. The van der Waals surface area contributed by atoms with Crippen molar-refractivity contribution in [2.24, 2.45) is 4.99 Å². The van der Waals surface area contributed by atoms with Gasteiger partial charge in [0.15, 0.2) is 17.3 Å². The predicted octanol–water partition coefficient (Wildman–Crippen LogP) is 4.00. The van der Waals surface area contributed by atoms with Gasteiger partial charge in [0.05, 0.1) is 19.7 Å². The monoisotopic (exact) mass is 447 g/mol. The van der Waals surface area contributed by atoms with Gasteiger partial charge in [0.2, 0.25) is 0 Å². The van der Waals surface area contributed by atoms with Crippen LogP contribution in [0.1, 0.15) is 18.1 Å². The van der Waals surface area contributed by atoms with Crippen LogP contribution in [0.2, 0.25) is 0 Å². The Hall–Kier alpha value is -3.22. The van der Waals surface area contributed by atoms with E-state index in [1.165, 1.54) is 22.6 Å². The van der Waals surface area contributed by atoms with Crippen molar-refractivity contribution >= 4 is 22.8 Å². The average Bonchev–Trinajstić information content (AvgIpc) is 2.80. The first-order chi connectivity index (χ1) is 16.0. The standard InChI is InChI=1S/C27H33N3O3/c1-4-33-26-14-8-11-22(27(26)32)17-28-18-24(31)20-30(3)16-15-29(2)19-23-12-7-10-21-9-5-6-13-25(21)23/h5-14,17,32H,4,15-16,18-20H2,1-3H3. The number of phenols is 1. The number of Topliss-reactive ketones (excluding diaryl/α,β-unsaturated/α-hetero) is 1. The second kappa shape index (κ2) is 12.1. The van der Waals surface area contributed by atoms with Crippen LogP contribution in [0.3, 0.4) is 0 Å². The molecule has 1 N–H and O–H groups in total. The van der Waals surface area contributed by atoms with Crippen LogP contribution < -0.4 is 4.74 Å². The second-order valence-electron chi connectivity index (χ2n) is 8.25. The Morgan fingerprint density at radius 1 is 1.00 bits per heavy atom. The van der Waals surface area contributed by atoms with Gasteiger partial charge in [-0.2, -0.15) is 0 Å². The Labute approximate surface area is 196 Å².